The Morgan fingerprint density at radius 2 is 2.05 bits per heavy atom. The minimum Gasteiger partial charge on any atom is -0.507 e. The molecule has 4 heteroatoms. The number of aromatic hydroxyl groups is 1. The molecule has 2 N–H and O–H groups in total. The fraction of sp³-hybridized carbons (Fsp3) is 0.562. The normalized spacial score (nSPS) is 18.8. The Morgan fingerprint density at radius 3 is 2.70 bits per heavy atom. The highest BCUT2D eigenvalue weighted by Gasteiger charge is 2.29. The molecule has 4 nitrogen and oxygen atoms in total. The van der Waals surface area contributed by atoms with Crippen LogP contribution in [0.15, 0.2) is 18.2 Å². The number of rotatable bonds is 3. The number of aryl methyl sites for hydroxylation is 1. The maximum absolute atomic E-state index is 12.2. The monoisotopic (exact) mass is 276 g/mol. The van der Waals surface area contributed by atoms with Gasteiger partial charge in [-0.05, 0) is 56.9 Å². The number of amides is 1. The second kappa shape index (κ2) is 5.83. The van der Waals surface area contributed by atoms with Crippen molar-refractivity contribution in [2.75, 3.05) is 26.7 Å². The maximum Gasteiger partial charge on any atom is 0.255 e. The van der Waals surface area contributed by atoms with Crippen molar-refractivity contribution < 1.29 is 9.90 Å². The topological polar surface area (TPSA) is 52.6 Å². The number of nitrogens with zero attached hydrogens (tertiary/aromatic N) is 1. The third-order valence-electron chi connectivity index (χ3n) is 4.35. The number of carbonyl (C=O) groups is 1. The lowest BCUT2D eigenvalue weighted by Gasteiger charge is -2.37. The van der Waals surface area contributed by atoms with Gasteiger partial charge in [0.05, 0.1) is 5.56 Å². The third kappa shape index (κ3) is 3.31. The quantitative estimate of drug-likeness (QED) is 0.889. The number of hydrogen-bond acceptors (Lipinski definition) is 3. The van der Waals surface area contributed by atoms with Crippen molar-refractivity contribution in [1.29, 1.82) is 0 Å². The lowest BCUT2D eigenvalue weighted by molar-refractivity contribution is 0.0889. The average Bonchev–Trinajstić information content (AvgIpc) is 2.43. The summed E-state index contributed by atoms with van der Waals surface area (Å²) in [5, 5.41) is 12.9. The van der Waals surface area contributed by atoms with E-state index in [-0.39, 0.29) is 17.1 Å². The molecule has 1 amide bonds. The van der Waals surface area contributed by atoms with Gasteiger partial charge in [0.1, 0.15) is 5.75 Å². The van der Waals surface area contributed by atoms with Gasteiger partial charge in [0.2, 0.25) is 0 Å². The standard InChI is InChI=1S/C16H24N2O2/c1-12-5-4-6-13(14(12)19)15(20)17-11-16(2)7-9-18(3)10-8-16/h4-6,19H,7-11H2,1-3H3,(H,17,20). The maximum atomic E-state index is 12.2. The summed E-state index contributed by atoms with van der Waals surface area (Å²) in [5.41, 5.74) is 1.24. The first-order valence-corrected chi connectivity index (χ1v) is 7.17. The molecule has 1 aromatic rings. The highest BCUT2D eigenvalue weighted by Crippen LogP contribution is 2.29. The number of piperidine rings is 1. The summed E-state index contributed by atoms with van der Waals surface area (Å²) < 4.78 is 0. The molecule has 20 heavy (non-hydrogen) atoms. The van der Waals surface area contributed by atoms with E-state index in [2.05, 4.69) is 24.2 Å². The minimum atomic E-state index is -0.189. The molecule has 1 saturated heterocycles. The van der Waals surface area contributed by atoms with E-state index in [4.69, 9.17) is 0 Å². The molecule has 2 rings (SSSR count). The Kier molecular flexibility index (Phi) is 4.33. The van der Waals surface area contributed by atoms with Gasteiger partial charge in [0.25, 0.3) is 5.91 Å². The molecule has 0 aromatic heterocycles. The zero-order valence-corrected chi connectivity index (χ0v) is 12.6. The molecule has 0 radical (unpaired) electrons. The molecule has 1 aliphatic rings. The van der Waals surface area contributed by atoms with Crippen molar-refractivity contribution in [3.8, 4) is 5.75 Å². The van der Waals surface area contributed by atoms with Gasteiger partial charge in [-0.1, -0.05) is 19.1 Å². The van der Waals surface area contributed by atoms with Crippen molar-refractivity contribution in [2.45, 2.75) is 26.7 Å². The van der Waals surface area contributed by atoms with Crippen molar-refractivity contribution >= 4 is 5.91 Å². The molecular weight excluding hydrogens is 252 g/mol. The zero-order valence-electron chi connectivity index (χ0n) is 12.6. The molecule has 0 bridgehead atoms. The second-order valence-corrected chi connectivity index (χ2v) is 6.27. The van der Waals surface area contributed by atoms with Gasteiger partial charge >= 0.3 is 0 Å². The van der Waals surface area contributed by atoms with Crippen LogP contribution in [0.1, 0.15) is 35.7 Å². The SMILES string of the molecule is Cc1cccc(C(=O)NCC2(C)CCN(C)CC2)c1O. The molecule has 1 fully saturated rings. The Morgan fingerprint density at radius 1 is 1.40 bits per heavy atom. The van der Waals surface area contributed by atoms with Gasteiger partial charge in [-0.2, -0.15) is 0 Å². The number of nitrogens with one attached hydrogen (secondary N) is 1. The van der Waals surface area contributed by atoms with Crippen LogP contribution in [0, 0.1) is 12.3 Å². The van der Waals surface area contributed by atoms with Gasteiger partial charge < -0.3 is 15.3 Å². The van der Waals surface area contributed by atoms with E-state index in [1.807, 2.05) is 0 Å². The molecule has 1 aliphatic heterocycles. The van der Waals surface area contributed by atoms with Crippen molar-refractivity contribution in [2.24, 2.45) is 5.41 Å². The first-order chi connectivity index (χ1) is 9.41. The smallest absolute Gasteiger partial charge is 0.255 e. The van der Waals surface area contributed by atoms with Crippen molar-refractivity contribution in [3.63, 3.8) is 0 Å². The van der Waals surface area contributed by atoms with Crippen LogP contribution in [0.5, 0.6) is 5.75 Å². The third-order valence-corrected chi connectivity index (χ3v) is 4.35. The van der Waals surface area contributed by atoms with E-state index >= 15 is 0 Å². The zero-order chi connectivity index (χ0) is 14.8. The van der Waals surface area contributed by atoms with Gasteiger partial charge in [0, 0.05) is 6.54 Å². The van der Waals surface area contributed by atoms with E-state index in [1.165, 1.54) is 0 Å². The Bertz CT molecular complexity index is 491. The minimum absolute atomic E-state index is 0.0820. The molecule has 0 unspecified atom stereocenters. The van der Waals surface area contributed by atoms with Crippen LogP contribution in [-0.4, -0.2) is 42.6 Å². The largest absolute Gasteiger partial charge is 0.507 e. The van der Waals surface area contributed by atoms with E-state index in [0.29, 0.717) is 12.1 Å². The van der Waals surface area contributed by atoms with Gasteiger partial charge in [0.15, 0.2) is 0 Å². The number of hydrogen-bond donors (Lipinski definition) is 2. The Hall–Kier alpha value is -1.55. The van der Waals surface area contributed by atoms with E-state index in [1.54, 1.807) is 25.1 Å². The molecule has 1 aromatic carbocycles. The van der Waals surface area contributed by atoms with Crippen LogP contribution in [0.4, 0.5) is 0 Å². The summed E-state index contributed by atoms with van der Waals surface area (Å²) in [6.07, 6.45) is 2.17. The van der Waals surface area contributed by atoms with Crippen LogP contribution >= 0.6 is 0 Å². The average molecular weight is 276 g/mol. The summed E-state index contributed by atoms with van der Waals surface area (Å²) in [5.74, 6) is -0.107. The van der Waals surface area contributed by atoms with E-state index < -0.39 is 0 Å². The summed E-state index contributed by atoms with van der Waals surface area (Å²) in [7, 11) is 2.13. The fourth-order valence-corrected chi connectivity index (χ4v) is 2.57. The number of para-hydroxylation sites is 1. The number of likely N-dealkylation sites (tertiary alicyclic amines) is 1. The second-order valence-electron chi connectivity index (χ2n) is 6.27. The molecule has 0 atom stereocenters. The van der Waals surface area contributed by atoms with Gasteiger partial charge in [-0.3, -0.25) is 4.79 Å². The predicted octanol–water partition coefficient (Wildman–Crippen LogP) is 2.16. The predicted molar refractivity (Wildman–Crippen MR) is 80.0 cm³/mol. The molecule has 110 valence electrons. The summed E-state index contributed by atoms with van der Waals surface area (Å²) in [6, 6.07) is 5.25. The molecule has 0 spiro atoms. The first-order valence-electron chi connectivity index (χ1n) is 7.17. The lowest BCUT2D eigenvalue weighted by Crippen LogP contribution is -2.43. The fourth-order valence-electron chi connectivity index (χ4n) is 2.57. The van der Waals surface area contributed by atoms with Gasteiger partial charge in [-0.15, -0.1) is 0 Å². The van der Waals surface area contributed by atoms with Crippen molar-refractivity contribution in [3.05, 3.63) is 29.3 Å². The van der Waals surface area contributed by atoms with Crippen LogP contribution in [-0.2, 0) is 0 Å². The van der Waals surface area contributed by atoms with Gasteiger partial charge in [-0.25, -0.2) is 0 Å². The molecule has 1 heterocycles. The van der Waals surface area contributed by atoms with Crippen LogP contribution in [0.25, 0.3) is 0 Å². The highest BCUT2D eigenvalue weighted by atomic mass is 16.3. The lowest BCUT2D eigenvalue weighted by atomic mass is 9.80. The van der Waals surface area contributed by atoms with Crippen LogP contribution in [0.3, 0.4) is 0 Å². The molecule has 0 aliphatic carbocycles. The summed E-state index contributed by atoms with van der Waals surface area (Å²) >= 11 is 0. The van der Waals surface area contributed by atoms with E-state index in [9.17, 15) is 9.90 Å². The Labute approximate surface area is 120 Å². The Balaban J connectivity index is 1.97. The number of phenolic OH excluding ortho intramolecular Hbond substituents is 1. The van der Waals surface area contributed by atoms with Crippen LogP contribution in [0.2, 0.25) is 0 Å². The summed E-state index contributed by atoms with van der Waals surface area (Å²) in [4.78, 5) is 14.5. The first kappa shape index (κ1) is 14.9. The van der Waals surface area contributed by atoms with Crippen molar-refractivity contribution in [1.82, 2.24) is 10.2 Å². The van der Waals surface area contributed by atoms with E-state index in [0.717, 1.165) is 31.5 Å². The molecular formula is C16H24N2O2. The number of benzene rings is 1. The number of phenols is 1. The van der Waals surface area contributed by atoms with Crippen LogP contribution < -0.4 is 5.32 Å². The summed E-state index contributed by atoms with van der Waals surface area (Å²) in [6.45, 7) is 6.82. The highest BCUT2D eigenvalue weighted by molar-refractivity contribution is 5.97. The molecule has 0 saturated carbocycles. The number of carbonyl (C=O) groups excluding carboxylic acids is 1.